The molecule has 0 radical (unpaired) electrons. The van der Waals surface area contributed by atoms with Crippen LogP contribution < -0.4 is 5.32 Å². The Morgan fingerprint density at radius 1 is 1.60 bits per heavy atom. The van der Waals surface area contributed by atoms with Crippen LogP contribution in [0.2, 0.25) is 0 Å². The van der Waals surface area contributed by atoms with Crippen molar-refractivity contribution in [1.82, 2.24) is 10.2 Å². The molecule has 1 saturated heterocycles. The minimum atomic E-state index is -0.633. The van der Waals surface area contributed by atoms with Crippen molar-refractivity contribution in [1.29, 1.82) is 0 Å². The first-order valence-electron chi connectivity index (χ1n) is 2.83. The van der Waals surface area contributed by atoms with Gasteiger partial charge in [-0.3, -0.25) is 19.8 Å². The molecule has 0 atom stereocenters. The Labute approximate surface area is 63.2 Å². The molecular weight excluding hydrogens is 152 g/mol. The predicted molar refractivity (Wildman–Crippen MR) is 38.1 cm³/mol. The van der Waals surface area contributed by atoms with Gasteiger partial charge in [0.1, 0.15) is 0 Å². The van der Waals surface area contributed by atoms with Crippen LogP contribution in [0.3, 0.4) is 0 Å². The lowest BCUT2D eigenvalue weighted by Gasteiger charge is -2.07. The summed E-state index contributed by atoms with van der Waals surface area (Å²) in [5, 5.41) is 2.44. The number of thiocarbonyl (C=S) groups is 1. The van der Waals surface area contributed by atoms with Crippen LogP contribution in [0.1, 0.15) is 6.92 Å². The molecule has 1 aliphatic rings. The van der Waals surface area contributed by atoms with Gasteiger partial charge in [0.05, 0.1) is 0 Å². The smallest absolute Gasteiger partial charge is 0.294 e. The normalized spacial score (nSPS) is 18.1. The first-order valence-corrected chi connectivity index (χ1v) is 3.24. The van der Waals surface area contributed by atoms with Gasteiger partial charge in [-0.25, -0.2) is 0 Å². The lowest BCUT2D eigenvalue weighted by atomic mass is 10.5. The molecule has 0 unspecified atom stereocenters. The van der Waals surface area contributed by atoms with Gasteiger partial charge in [0, 0.05) is 6.54 Å². The van der Waals surface area contributed by atoms with E-state index in [-0.39, 0.29) is 5.11 Å². The van der Waals surface area contributed by atoms with Gasteiger partial charge in [-0.05, 0) is 19.1 Å². The van der Waals surface area contributed by atoms with Crippen LogP contribution in [0.4, 0.5) is 0 Å². The second-order valence-electron chi connectivity index (χ2n) is 1.81. The van der Waals surface area contributed by atoms with Crippen LogP contribution in [0.5, 0.6) is 0 Å². The second-order valence-corrected chi connectivity index (χ2v) is 2.20. The van der Waals surface area contributed by atoms with Crippen LogP contribution in [-0.2, 0) is 9.59 Å². The lowest BCUT2D eigenvalue weighted by Crippen LogP contribution is -2.30. The van der Waals surface area contributed by atoms with Gasteiger partial charge in [0.15, 0.2) is 5.11 Å². The molecule has 1 N–H and O–H groups in total. The summed E-state index contributed by atoms with van der Waals surface area (Å²) in [6.45, 7) is 2.20. The molecule has 5 heteroatoms. The maximum Gasteiger partial charge on any atom is 0.318 e. The summed E-state index contributed by atoms with van der Waals surface area (Å²) >= 11 is 4.67. The fourth-order valence-corrected chi connectivity index (χ4v) is 1.02. The highest BCUT2D eigenvalue weighted by Gasteiger charge is 2.32. The minimum Gasteiger partial charge on any atom is -0.294 e. The van der Waals surface area contributed by atoms with Gasteiger partial charge in [-0.1, -0.05) is 0 Å². The van der Waals surface area contributed by atoms with E-state index in [4.69, 9.17) is 0 Å². The molecule has 0 aromatic rings. The zero-order chi connectivity index (χ0) is 7.72. The van der Waals surface area contributed by atoms with Crippen LogP contribution in [0.15, 0.2) is 0 Å². The second kappa shape index (κ2) is 2.34. The standard InChI is InChI=1S/C5H6N2O2S/c1-2-7-4(9)3(8)6-5(7)10/h2H2,1H3,(H,6,8,10). The van der Waals surface area contributed by atoms with E-state index in [1.54, 1.807) is 6.92 Å². The minimum absolute atomic E-state index is 0.206. The summed E-state index contributed by atoms with van der Waals surface area (Å²) in [6.07, 6.45) is 0. The van der Waals surface area contributed by atoms with Crippen molar-refractivity contribution in [3.63, 3.8) is 0 Å². The number of nitrogens with zero attached hydrogens (tertiary/aromatic N) is 1. The molecule has 1 fully saturated rings. The highest BCUT2D eigenvalue weighted by atomic mass is 32.1. The third-order valence-electron chi connectivity index (χ3n) is 1.22. The maximum atomic E-state index is 10.8. The van der Waals surface area contributed by atoms with E-state index in [0.29, 0.717) is 6.54 Å². The van der Waals surface area contributed by atoms with Crippen LogP contribution in [0.25, 0.3) is 0 Å². The SMILES string of the molecule is CCN1C(=O)C(=O)NC1=S. The molecule has 1 heterocycles. The maximum absolute atomic E-state index is 10.8. The topological polar surface area (TPSA) is 49.4 Å². The Hall–Kier alpha value is -0.970. The third-order valence-corrected chi connectivity index (χ3v) is 1.54. The monoisotopic (exact) mass is 158 g/mol. The highest BCUT2D eigenvalue weighted by Crippen LogP contribution is 1.98. The fourth-order valence-electron chi connectivity index (χ4n) is 0.720. The summed E-state index contributed by atoms with van der Waals surface area (Å²) in [4.78, 5) is 22.6. The molecule has 10 heavy (non-hydrogen) atoms. The number of nitrogens with one attached hydrogen (secondary N) is 1. The molecule has 1 rings (SSSR count). The largest absolute Gasteiger partial charge is 0.318 e. The fraction of sp³-hybridized carbons (Fsp3) is 0.400. The molecule has 0 aromatic heterocycles. The number of rotatable bonds is 1. The van der Waals surface area contributed by atoms with Crippen molar-refractivity contribution in [3.8, 4) is 0 Å². The molecule has 4 nitrogen and oxygen atoms in total. The lowest BCUT2D eigenvalue weighted by molar-refractivity contribution is -0.139. The van der Waals surface area contributed by atoms with Crippen molar-refractivity contribution in [2.24, 2.45) is 0 Å². The number of amides is 2. The van der Waals surface area contributed by atoms with Crippen molar-refractivity contribution in [3.05, 3.63) is 0 Å². The predicted octanol–water partition coefficient (Wildman–Crippen LogP) is -0.750. The van der Waals surface area contributed by atoms with E-state index in [1.165, 1.54) is 4.90 Å². The summed E-state index contributed by atoms with van der Waals surface area (Å²) < 4.78 is 0. The Balaban J connectivity index is 2.84. The van der Waals surface area contributed by atoms with Crippen molar-refractivity contribution in [2.45, 2.75) is 6.92 Å². The van der Waals surface area contributed by atoms with E-state index in [2.05, 4.69) is 17.5 Å². The van der Waals surface area contributed by atoms with Gasteiger partial charge in [0.25, 0.3) is 0 Å². The molecular formula is C5H6N2O2S. The van der Waals surface area contributed by atoms with E-state index in [9.17, 15) is 9.59 Å². The third kappa shape index (κ3) is 0.881. The van der Waals surface area contributed by atoms with Crippen LogP contribution in [0, 0.1) is 0 Å². The molecule has 0 saturated carbocycles. The van der Waals surface area contributed by atoms with E-state index in [0.717, 1.165) is 0 Å². The molecule has 0 aliphatic carbocycles. The van der Waals surface area contributed by atoms with Gasteiger partial charge < -0.3 is 0 Å². The molecule has 0 bridgehead atoms. The Morgan fingerprint density at radius 2 is 2.20 bits per heavy atom. The number of likely N-dealkylation sites (N-methyl/N-ethyl adjacent to an activating group) is 1. The Bertz CT molecular complexity index is 214. The quantitative estimate of drug-likeness (QED) is 0.403. The first-order chi connectivity index (χ1) is 4.66. The van der Waals surface area contributed by atoms with Crippen LogP contribution in [-0.4, -0.2) is 28.4 Å². The van der Waals surface area contributed by atoms with Crippen molar-refractivity contribution in [2.75, 3.05) is 6.54 Å². The van der Waals surface area contributed by atoms with E-state index >= 15 is 0 Å². The van der Waals surface area contributed by atoms with E-state index < -0.39 is 11.8 Å². The van der Waals surface area contributed by atoms with E-state index in [1.807, 2.05) is 0 Å². The van der Waals surface area contributed by atoms with Crippen LogP contribution >= 0.6 is 12.2 Å². The number of carbonyl (C=O) groups excluding carboxylic acids is 2. The average molecular weight is 158 g/mol. The number of hydrogen-bond acceptors (Lipinski definition) is 3. The van der Waals surface area contributed by atoms with Crippen molar-refractivity contribution < 1.29 is 9.59 Å². The molecule has 0 aromatic carbocycles. The summed E-state index contributed by atoms with van der Waals surface area (Å²) in [5.74, 6) is -1.20. The molecule has 1 aliphatic heterocycles. The number of carbonyl (C=O) groups is 2. The average Bonchev–Trinajstić information content (AvgIpc) is 2.09. The Morgan fingerprint density at radius 3 is 2.40 bits per heavy atom. The zero-order valence-corrected chi connectivity index (χ0v) is 6.20. The highest BCUT2D eigenvalue weighted by molar-refractivity contribution is 7.80. The summed E-state index contributed by atoms with van der Waals surface area (Å²) in [5.41, 5.74) is 0. The summed E-state index contributed by atoms with van der Waals surface area (Å²) in [7, 11) is 0. The van der Waals surface area contributed by atoms with Gasteiger partial charge in [-0.2, -0.15) is 0 Å². The van der Waals surface area contributed by atoms with Gasteiger partial charge >= 0.3 is 11.8 Å². The Kier molecular flexibility index (Phi) is 1.67. The van der Waals surface area contributed by atoms with Gasteiger partial charge in [-0.15, -0.1) is 0 Å². The molecule has 54 valence electrons. The zero-order valence-electron chi connectivity index (χ0n) is 5.38. The number of hydrogen-bond donors (Lipinski definition) is 1. The van der Waals surface area contributed by atoms with Gasteiger partial charge in [0.2, 0.25) is 0 Å². The summed E-state index contributed by atoms with van der Waals surface area (Å²) in [6, 6.07) is 0. The molecule has 0 spiro atoms. The van der Waals surface area contributed by atoms with Crippen molar-refractivity contribution >= 4 is 29.1 Å². The molecule has 2 amide bonds. The first kappa shape index (κ1) is 7.14.